The SMILES string of the molecule is CC(C)C1=NCC(O)CN1.Cl.Cl. The molecule has 0 spiro atoms. The van der Waals surface area contributed by atoms with Crippen molar-refractivity contribution in [2.75, 3.05) is 13.1 Å². The molecule has 1 atom stereocenters. The minimum atomic E-state index is -0.289. The predicted molar refractivity (Wildman–Crippen MR) is 55.6 cm³/mol. The fourth-order valence-corrected chi connectivity index (χ4v) is 0.933. The predicted octanol–water partition coefficient (Wildman–Crippen LogP) is 0.849. The van der Waals surface area contributed by atoms with Crippen molar-refractivity contribution in [2.45, 2.75) is 20.0 Å². The maximum absolute atomic E-state index is 9.04. The number of aliphatic imine (C=N–C) groups is 1. The van der Waals surface area contributed by atoms with Crippen LogP contribution in [0, 0.1) is 5.92 Å². The van der Waals surface area contributed by atoms with Gasteiger partial charge in [0.2, 0.25) is 0 Å². The van der Waals surface area contributed by atoms with Crippen molar-refractivity contribution in [3.8, 4) is 0 Å². The van der Waals surface area contributed by atoms with Crippen LogP contribution in [0.3, 0.4) is 0 Å². The third-order valence-corrected chi connectivity index (χ3v) is 1.54. The Morgan fingerprint density at radius 3 is 2.42 bits per heavy atom. The van der Waals surface area contributed by atoms with E-state index >= 15 is 0 Å². The third-order valence-electron chi connectivity index (χ3n) is 1.54. The second-order valence-electron chi connectivity index (χ2n) is 2.92. The number of aliphatic hydroxyl groups excluding tert-OH is 1. The van der Waals surface area contributed by atoms with E-state index in [2.05, 4.69) is 24.2 Å². The van der Waals surface area contributed by atoms with E-state index in [1.54, 1.807) is 0 Å². The maximum atomic E-state index is 9.04. The first-order valence-corrected chi connectivity index (χ1v) is 3.66. The van der Waals surface area contributed by atoms with E-state index in [0.29, 0.717) is 19.0 Å². The molecule has 0 radical (unpaired) electrons. The highest BCUT2D eigenvalue weighted by molar-refractivity contribution is 5.85. The smallest absolute Gasteiger partial charge is 0.0990 e. The van der Waals surface area contributed by atoms with Crippen molar-refractivity contribution < 1.29 is 5.11 Å². The summed E-state index contributed by atoms with van der Waals surface area (Å²) >= 11 is 0. The highest BCUT2D eigenvalue weighted by atomic mass is 35.5. The zero-order chi connectivity index (χ0) is 7.56. The Morgan fingerprint density at radius 2 is 2.08 bits per heavy atom. The van der Waals surface area contributed by atoms with Crippen LogP contribution in [0.1, 0.15) is 13.8 Å². The molecule has 0 aromatic heterocycles. The van der Waals surface area contributed by atoms with Crippen molar-refractivity contribution in [2.24, 2.45) is 10.9 Å². The van der Waals surface area contributed by atoms with Gasteiger partial charge in [0, 0.05) is 12.5 Å². The monoisotopic (exact) mass is 214 g/mol. The van der Waals surface area contributed by atoms with E-state index in [1.807, 2.05) is 0 Å². The second-order valence-corrected chi connectivity index (χ2v) is 2.92. The second kappa shape index (κ2) is 6.52. The van der Waals surface area contributed by atoms with Gasteiger partial charge in [-0.2, -0.15) is 0 Å². The summed E-state index contributed by atoms with van der Waals surface area (Å²) in [6.07, 6.45) is -0.289. The van der Waals surface area contributed by atoms with Crippen LogP contribution in [0.25, 0.3) is 0 Å². The maximum Gasteiger partial charge on any atom is 0.0990 e. The molecule has 0 aromatic carbocycles. The molecule has 1 unspecified atom stereocenters. The molecule has 1 heterocycles. The topological polar surface area (TPSA) is 44.6 Å². The molecule has 0 saturated heterocycles. The molecule has 0 fully saturated rings. The number of hydrogen-bond donors (Lipinski definition) is 2. The Labute approximate surface area is 85.5 Å². The summed E-state index contributed by atoms with van der Waals surface area (Å²) in [6.45, 7) is 5.38. The fraction of sp³-hybridized carbons (Fsp3) is 0.857. The van der Waals surface area contributed by atoms with Crippen LogP contribution >= 0.6 is 24.8 Å². The summed E-state index contributed by atoms with van der Waals surface area (Å²) in [7, 11) is 0. The molecule has 2 N–H and O–H groups in total. The molecule has 0 saturated carbocycles. The van der Waals surface area contributed by atoms with Gasteiger partial charge in [-0.1, -0.05) is 13.8 Å². The van der Waals surface area contributed by atoms with Crippen LogP contribution in [0.5, 0.6) is 0 Å². The molecule has 1 aliphatic rings. The average Bonchev–Trinajstić information content (AvgIpc) is 1.88. The Kier molecular flexibility index (Phi) is 7.89. The Hall–Kier alpha value is 0.01000. The quantitative estimate of drug-likeness (QED) is 0.681. The zero-order valence-corrected chi connectivity index (χ0v) is 8.91. The van der Waals surface area contributed by atoms with Gasteiger partial charge in [-0.15, -0.1) is 24.8 Å². The van der Waals surface area contributed by atoms with Gasteiger partial charge in [0.05, 0.1) is 18.5 Å². The van der Waals surface area contributed by atoms with Crippen molar-refractivity contribution in [1.82, 2.24) is 5.32 Å². The molecule has 3 nitrogen and oxygen atoms in total. The van der Waals surface area contributed by atoms with Gasteiger partial charge >= 0.3 is 0 Å². The van der Waals surface area contributed by atoms with Gasteiger partial charge in [0.25, 0.3) is 0 Å². The first kappa shape index (κ1) is 14.5. The lowest BCUT2D eigenvalue weighted by atomic mass is 10.1. The number of halogens is 2. The third kappa shape index (κ3) is 4.14. The van der Waals surface area contributed by atoms with Crippen molar-refractivity contribution >= 4 is 30.6 Å². The van der Waals surface area contributed by atoms with E-state index < -0.39 is 0 Å². The van der Waals surface area contributed by atoms with Crippen LogP contribution in [0.15, 0.2) is 4.99 Å². The van der Waals surface area contributed by atoms with E-state index in [1.165, 1.54) is 0 Å². The molecule has 0 amide bonds. The number of rotatable bonds is 1. The first-order chi connectivity index (χ1) is 4.70. The Bertz CT molecular complexity index is 150. The molecule has 1 aliphatic heterocycles. The van der Waals surface area contributed by atoms with E-state index in [0.717, 1.165) is 5.84 Å². The number of hydrogen-bond acceptors (Lipinski definition) is 3. The molecular weight excluding hydrogens is 199 g/mol. The van der Waals surface area contributed by atoms with Crippen molar-refractivity contribution in [1.29, 1.82) is 0 Å². The molecule has 74 valence electrons. The molecule has 0 aliphatic carbocycles. The van der Waals surface area contributed by atoms with Gasteiger partial charge in [0.1, 0.15) is 0 Å². The van der Waals surface area contributed by atoms with Crippen LogP contribution < -0.4 is 5.32 Å². The summed E-state index contributed by atoms with van der Waals surface area (Å²) < 4.78 is 0. The summed E-state index contributed by atoms with van der Waals surface area (Å²) in [5.41, 5.74) is 0. The molecule has 0 aromatic rings. The van der Waals surface area contributed by atoms with Gasteiger partial charge in [0.15, 0.2) is 0 Å². The van der Waals surface area contributed by atoms with E-state index in [-0.39, 0.29) is 30.9 Å². The standard InChI is InChI=1S/C7H14N2O.2ClH/c1-5(2)7-8-3-6(10)4-9-7;;/h5-6,10H,3-4H2,1-2H3,(H,8,9);2*1H. The number of amidine groups is 1. The largest absolute Gasteiger partial charge is 0.389 e. The fourth-order valence-electron chi connectivity index (χ4n) is 0.933. The zero-order valence-electron chi connectivity index (χ0n) is 7.28. The Morgan fingerprint density at radius 1 is 1.50 bits per heavy atom. The number of β-amino-alcohol motifs (C(OH)–C–C–N with tert-alkyl or cyclic N) is 1. The highest BCUT2D eigenvalue weighted by Gasteiger charge is 2.13. The van der Waals surface area contributed by atoms with Crippen LogP contribution in [-0.4, -0.2) is 30.1 Å². The highest BCUT2D eigenvalue weighted by Crippen LogP contribution is 1.99. The van der Waals surface area contributed by atoms with Crippen LogP contribution in [0.4, 0.5) is 0 Å². The minimum absolute atomic E-state index is 0. The molecule has 0 bridgehead atoms. The van der Waals surface area contributed by atoms with Gasteiger partial charge < -0.3 is 10.4 Å². The summed E-state index contributed by atoms with van der Waals surface area (Å²) in [4.78, 5) is 4.17. The molecule has 12 heavy (non-hydrogen) atoms. The first-order valence-electron chi connectivity index (χ1n) is 3.66. The molecular formula is C7H16Cl2N2O. The van der Waals surface area contributed by atoms with Gasteiger partial charge in [-0.05, 0) is 0 Å². The lowest BCUT2D eigenvalue weighted by Gasteiger charge is -2.20. The summed E-state index contributed by atoms with van der Waals surface area (Å²) in [6, 6.07) is 0. The lowest BCUT2D eigenvalue weighted by molar-refractivity contribution is 0.180. The van der Waals surface area contributed by atoms with Crippen molar-refractivity contribution in [3.05, 3.63) is 0 Å². The average molecular weight is 215 g/mol. The summed E-state index contributed by atoms with van der Waals surface area (Å²) in [5, 5.41) is 12.1. The van der Waals surface area contributed by atoms with Crippen LogP contribution in [0.2, 0.25) is 0 Å². The minimum Gasteiger partial charge on any atom is -0.389 e. The normalized spacial score (nSPS) is 21.7. The number of aliphatic hydroxyl groups is 1. The molecule has 1 rings (SSSR count). The van der Waals surface area contributed by atoms with E-state index in [4.69, 9.17) is 5.11 Å². The van der Waals surface area contributed by atoms with Crippen molar-refractivity contribution in [3.63, 3.8) is 0 Å². The van der Waals surface area contributed by atoms with Gasteiger partial charge in [-0.3, -0.25) is 4.99 Å². The molecule has 5 heteroatoms. The number of nitrogens with zero attached hydrogens (tertiary/aromatic N) is 1. The Balaban J connectivity index is 0. The summed E-state index contributed by atoms with van der Waals surface area (Å²) in [5.74, 6) is 1.47. The van der Waals surface area contributed by atoms with Crippen LogP contribution in [-0.2, 0) is 0 Å². The number of nitrogens with one attached hydrogen (secondary N) is 1. The van der Waals surface area contributed by atoms with Gasteiger partial charge in [-0.25, -0.2) is 0 Å². The van der Waals surface area contributed by atoms with E-state index in [9.17, 15) is 0 Å². The lowest BCUT2D eigenvalue weighted by Crippen LogP contribution is -2.41.